The Balaban J connectivity index is 2.71. The first-order chi connectivity index (χ1) is 5.99. The molecule has 0 fully saturated rings. The van der Waals surface area contributed by atoms with Crippen LogP contribution in [0, 0.1) is 10.2 Å². The van der Waals surface area contributed by atoms with Gasteiger partial charge >= 0.3 is 5.97 Å². The number of hydrogen-bond donors (Lipinski definition) is 0. The molecule has 1 rings (SSSR count). The molecule has 0 aromatic heterocycles. The van der Waals surface area contributed by atoms with Gasteiger partial charge < -0.3 is 0 Å². The first-order valence-corrected chi connectivity index (χ1v) is 4.42. The van der Waals surface area contributed by atoms with Crippen molar-refractivity contribution in [1.29, 1.82) is 0 Å². The summed E-state index contributed by atoms with van der Waals surface area (Å²) in [6.45, 7) is 0. The summed E-state index contributed by atoms with van der Waals surface area (Å²) in [7, 11) is -4.71. The van der Waals surface area contributed by atoms with E-state index in [1.165, 1.54) is 24.3 Å². The second-order valence-corrected chi connectivity index (χ2v) is 3.02. The molecule has 0 saturated carbocycles. The highest BCUT2D eigenvalue weighted by Gasteiger charge is 2.26. The van der Waals surface area contributed by atoms with Crippen LogP contribution in [0.1, 0.15) is 10.4 Å². The number of halogens is 1. The van der Waals surface area contributed by atoms with Crippen molar-refractivity contribution < 1.29 is 33.3 Å². The number of benzene rings is 1. The molecule has 1 aromatic carbocycles. The fourth-order valence-electron chi connectivity index (χ4n) is 0.705. The van der Waals surface area contributed by atoms with Crippen LogP contribution >= 0.6 is 0 Å². The normalized spacial score (nSPS) is 11.0. The fourth-order valence-corrected chi connectivity index (χ4v) is 0.965. The second-order valence-electron chi connectivity index (χ2n) is 2.11. The topological polar surface area (TPSA) is 95.5 Å². The van der Waals surface area contributed by atoms with Gasteiger partial charge in [-0.25, -0.2) is 4.79 Å². The average Bonchev–Trinajstić information content (AvgIpc) is 2.03. The summed E-state index contributed by atoms with van der Waals surface area (Å²) in [5.41, 5.74) is 0.00873. The molecule has 0 spiro atoms. The van der Waals surface area contributed by atoms with E-state index in [-0.39, 0.29) is 5.56 Å². The van der Waals surface area contributed by atoms with Gasteiger partial charge in [0.05, 0.1) is 5.56 Å². The van der Waals surface area contributed by atoms with E-state index in [0.29, 0.717) is 0 Å². The quantitative estimate of drug-likeness (QED) is 0.542. The zero-order chi connectivity index (χ0) is 9.90. The summed E-state index contributed by atoms with van der Waals surface area (Å²) < 4.78 is 33.5. The molecule has 0 bridgehead atoms. The van der Waals surface area contributed by atoms with E-state index in [1.807, 2.05) is 0 Å². The summed E-state index contributed by atoms with van der Waals surface area (Å²) >= 11 is 0. The monoisotopic (exact) mass is 204 g/mol. The maximum atomic E-state index is 10.9. The Bertz CT molecular complexity index is 292. The van der Waals surface area contributed by atoms with Crippen LogP contribution in [-0.4, -0.2) is 5.97 Å². The Morgan fingerprint density at radius 2 is 1.69 bits per heavy atom. The average molecular weight is 205 g/mol. The lowest BCUT2D eigenvalue weighted by Gasteiger charge is -2.10. The second kappa shape index (κ2) is 3.71. The third-order valence-electron chi connectivity index (χ3n) is 1.17. The number of hydrogen-bond acceptors (Lipinski definition) is 5. The molecule has 0 radical (unpaired) electrons. The summed E-state index contributed by atoms with van der Waals surface area (Å²) in [6, 6.07) is 7.35. The Morgan fingerprint density at radius 3 is 2.15 bits per heavy atom. The maximum Gasteiger partial charge on any atom is 0.494 e. The molecular weight excluding hydrogens is 200 g/mol. The molecule has 13 heavy (non-hydrogen) atoms. The standard InChI is InChI=1S/C7H5ClO5/c9-7(13-8(10,11)12)6-4-2-1-3-5-6/h1-5H. The van der Waals surface area contributed by atoms with Gasteiger partial charge in [-0.1, -0.05) is 18.2 Å². The molecule has 5 nitrogen and oxygen atoms in total. The van der Waals surface area contributed by atoms with Gasteiger partial charge in [0, 0.05) is 0 Å². The zero-order valence-corrected chi connectivity index (χ0v) is 7.06. The molecule has 70 valence electrons. The molecule has 0 atom stereocenters. The van der Waals surface area contributed by atoms with Gasteiger partial charge in [0.15, 0.2) is 0 Å². The lowest BCUT2D eigenvalue weighted by Crippen LogP contribution is -2.61. The SMILES string of the molecule is O=C(O[Cl+3]([O-])([O-])[O-])c1ccccc1. The third kappa shape index (κ3) is 3.39. The number of carbonyl (C=O) groups excluding carboxylic acids is 1. The highest BCUT2D eigenvalue weighted by Crippen LogP contribution is 2.03. The van der Waals surface area contributed by atoms with E-state index in [9.17, 15) is 18.8 Å². The van der Waals surface area contributed by atoms with E-state index < -0.39 is 16.2 Å². The maximum absolute atomic E-state index is 10.9. The van der Waals surface area contributed by atoms with Gasteiger partial charge in [0.1, 0.15) is 10.2 Å². The van der Waals surface area contributed by atoms with E-state index in [1.54, 1.807) is 6.07 Å². The van der Waals surface area contributed by atoms with Crippen molar-refractivity contribution in [1.82, 2.24) is 0 Å². The Hall–Kier alpha value is -1.14. The molecule has 0 aliphatic rings. The molecule has 0 amide bonds. The summed E-state index contributed by atoms with van der Waals surface area (Å²) in [5.74, 6) is -1.18. The minimum Gasteiger partial charge on any atom is -0.228 e. The van der Waals surface area contributed by atoms with Crippen molar-refractivity contribution in [2.45, 2.75) is 0 Å². The van der Waals surface area contributed by atoms with Crippen LogP contribution in [0.4, 0.5) is 0 Å². The first kappa shape index (κ1) is 9.94. The molecular formula is C7H5ClO5. The van der Waals surface area contributed by atoms with Crippen LogP contribution in [0.2, 0.25) is 0 Å². The van der Waals surface area contributed by atoms with Gasteiger partial charge in [0.25, 0.3) is 0 Å². The van der Waals surface area contributed by atoms with Crippen LogP contribution in [0.3, 0.4) is 0 Å². The molecule has 0 aliphatic carbocycles. The van der Waals surface area contributed by atoms with Crippen LogP contribution < -0.4 is 14.0 Å². The van der Waals surface area contributed by atoms with Gasteiger partial charge in [-0.05, 0) is 16.4 Å². The molecule has 0 N–H and O–H groups in total. The van der Waals surface area contributed by atoms with Crippen LogP contribution in [0.5, 0.6) is 0 Å². The van der Waals surface area contributed by atoms with Crippen molar-refractivity contribution in [3.63, 3.8) is 0 Å². The highest BCUT2D eigenvalue weighted by atomic mass is 35.7. The first-order valence-electron chi connectivity index (χ1n) is 3.19. The van der Waals surface area contributed by atoms with Crippen LogP contribution in [-0.2, 0) is 4.29 Å². The van der Waals surface area contributed by atoms with Gasteiger partial charge in [0.2, 0.25) is 0 Å². The predicted octanol–water partition coefficient (Wildman–Crippen LogP) is -2.26. The van der Waals surface area contributed by atoms with Crippen molar-refractivity contribution in [3.05, 3.63) is 35.9 Å². The minimum atomic E-state index is -4.71. The van der Waals surface area contributed by atoms with Gasteiger partial charge in [-0.3, -0.25) is 0 Å². The van der Waals surface area contributed by atoms with Crippen molar-refractivity contribution in [2.75, 3.05) is 0 Å². The third-order valence-corrected chi connectivity index (χ3v) is 1.50. The van der Waals surface area contributed by atoms with E-state index in [4.69, 9.17) is 0 Å². The summed E-state index contributed by atoms with van der Waals surface area (Å²) in [5, 5.41) is 0. The molecule has 0 aliphatic heterocycles. The Morgan fingerprint density at radius 1 is 1.15 bits per heavy atom. The lowest BCUT2D eigenvalue weighted by atomic mass is 10.2. The van der Waals surface area contributed by atoms with Gasteiger partial charge in [-0.15, -0.1) is 0 Å². The molecule has 0 heterocycles. The zero-order valence-electron chi connectivity index (χ0n) is 6.31. The molecule has 0 saturated heterocycles. The Labute approximate surface area is 75.9 Å². The van der Waals surface area contributed by atoms with E-state index in [2.05, 4.69) is 4.29 Å². The highest BCUT2D eigenvalue weighted by molar-refractivity contribution is 5.88. The van der Waals surface area contributed by atoms with Crippen molar-refractivity contribution >= 4 is 5.97 Å². The van der Waals surface area contributed by atoms with Gasteiger partial charge in [-0.2, -0.15) is 14.0 Å². The Kier molecular flexibility index (Phi) is 2.84. The van der Waals surface area contributed by atoms with E-state index in [0.717, 1.165) is 0 Å². The number of rotatable bonds is 2. The minimum absolute atomic E-state index is 0.00873. The predicted molar refractivity (Wildman–Crippen MR) is 31.9 cm³/mol. The fraction of sp³-hybridized carbons (Fsp3) is 0. The summed E-state index contributed by atoms with van der Waals surface area (Å²) in [6.07, 6.45) is 0. The van der Waals surface area contributed by atoms with E-state index >= 15 is 0 Å². The number of carbonyl (C=O) groups is 1. The lowest BCUT2D eigenvalue weighted by molar-refractivity contribution is -1.92. The van der Waals surface area contributed by atoms with Crippen molar-refractivity contribution in [3.8, 4) is 0 Å². The van der Waals surface area contributed by atoms with Crippen LogP contribution in [0.25, 0.3) is 0 Å². The summed E-state index contributed by atoms with van der Waals surface area (Å²) in [4.78, 5) is 10.9. The molecule has 0 unspecified atom stereocenters. The van der Waals surface area contributed by atoms with Crippen molar-refractivity contribution in [2.24, 2.45) is 0 Å². The smallest absolute Gasteiger partial charge is 0.228 e. The largest absolute Gasteiger partial charge is 0.494 e. The molecule has 1 aromatic rings. The van der Waals surface area contributed by atoms with Crippen LogP contribution in [0.15, 0.2) is 30.3 Å². The molecule has 6 heteroatoms.